The highest BCUT2D eigenvalue weighted by Gasteiger charge is 2.27. The van der Waals surface area contributed by atoms with Gasteiger partial charge in [-0.3, -0.25) is 9.98 Å². The Morgan fingerprint density at radius 3 is 1.30 bits per heavy atom. The van der Waals surface area contributed by atoms with E-state index in [9.17, 15) is 0 Å². The molecule has 4 rings (SSSR count). The first-order chi connectivity index (χ1) is 20.2. The van der Waals surface area contributed by atoms with Crippen molar-refractivity contribution in [1.29, 1.82) is 0 Å². The summed E-state index contributed by atoms with van der Waals surface area (Å²) in [6.07, 6.45) is 0. The summed E-state index contributed by atoms with van der Waals surface area (Å²) in [6.45, 7) is 31.3. The molecule has 0 amide bonds. The minimum atomic E-state index is -0.0494. The molecule has 44 heavy (non-hydrogen) atoms. The van der Waals surface area contributed by atoms with Crippen molar-refractivity contribution >= 4 is 33.6 Å². The van der Waals surface area contributed by atoms with Gasteiger partial charge in [0.15, 0.2) is 0 Å². The number of hydrogen-bond acceptors (Lipinski definition) is 3. The van der Waals surface area contributed by atoms with Gasteiger partial charge in [-0.25, -0.2) is 4.98 Å². The van der Waals surface area contributed by atoms with Crippen LogP contribution < -0.4 is 0 Å². The minimum Gasteiger partial charge on any atom is -0.251 e. The van der Waals surface area contributed by atoms with Gasteiger partial charge in [-0.2, -0.15) is 0 Å². The predicted octanol–water partition coefficient (Wildman–Crippen LogP) is 11.7. The Balaban J connectivity index is 1.99. The fraction of sp³-hybridized carbons (Fsp3) is 0.439. The Morgan fingerprint density at radius 1 is 0.500 bits per heavy atom. The van der Waals surface area contributed by atoms with Crippen molar-refractivity contribution in [2.24, 2.45) is 9.98 Å². The summed E-state index contributed by atoms with van der Waals surface area (Å²) in [5, 5.41) is 2.23. The molecule has 0 saturated heterocycles. The molecule has 1 heterocycles. The van der Waals surface area contributed by atoms with Crippen molar-refractivity contribution in [2.75, 3.05) is 0 Å². The zero-order valence-corrected chi connectivity index (χ0v) is 29.7. The highest BCUT2D eigenvalue weighted by Crippen LogP contribution is 2.41. The first kappa shape index (κ1) is 33.3. The highest BCUT2D eigenvalue weighted by atomic mass is 14.9. The summed E-state index contributed by atoms with van der Waals surface area (Å²) in [7, 11) is 0. The van der Waals surface area contributed by atoms with E-state index in [4.69, 9.17) is 15.0 Å². The maximum Gasteiger partial charge on any atom is 0.0928 e. The third-order valence-electron chi connectivity index (χ3n) is 8.32. The van der Waals surface area contributed by atoms with Gasteiger partial charge in [-0.05, 0) is 69.2 Å². The largest absolute Gasteiger partial charge is 0.251 e. The van der Waals surface area contributed by atoms with Gasteiger partial charge in [-0.15, -0.1) is 0 Å². The van der Waals surface area contributed by atoms with Gasteiger partial charge in [0, 0.05) is 5.39 Å². The van der Waals surface area contributed by atoms with E-state index in [1.165, 1.54) is 22.3 Å². The van der Waals surface area contributed by atoms with E-state index < -0.39 is 0 Å². The lowest BCUT2D eigenvalue weighted by Crippen LogP contribution is -2.18. The molecule has 0 bridgehead atoms. The lowest BCUT2D eigenvalue weighted by Gasteiger charge is -2.28. The van der Waals surface area contributed by atoms with Gasteiger partial charge < -0.3 is 0 Å². The van der Waals surface area contributed by atoms with Gasteiger partial charge in [0.05, 0.1) is 34.2 Å². The zero-order chi connectivity index (χ0) is 32.8. The summed E-state index contributed by atoms with van der Waals surface area (Å²) in [5.41, 5.74) is 10.5. The van der Waals surface area contributed by atoms with Crippen molar-refractivity contribution in [1.82, 2.24) is 4.98 Å². The van der Waals surface area contributed by atoms with Gasteiger partial charge in [-0.1, -0.05) is 144 Å². The highest BCUT2D eigenvalue weighted by molar-refractivity contribution is 6.11. The van der Waals surface area contributed by atoms with Crippen LogP contribution in [0.2, 0.25) is 0 Å². The van der Waals surface area contributed by atoms with Crippen LogP contribution in [0.5, 0.6) is 0 Å². The zero-order valence-electron chi connectivity index (χ0n) is 29.7. The Hall–Kier alpha value is -3.59. The summed E-state index contributed by atoms with van der Waals surface area (Å²) < 4.78 is 0. The van der Waals surface area contributed by atoms with E-state index in [-0.39, 0.29) is 21.7 Å². The van der Waals surface area contributed by atoms with Gasteiger partial charge in [0.2, 0.25) is 0 Å². The molecule has 0 saturated carbocycles. The Bertz CT molecular complexity index is 1680. The van der Waals surface area contributed by atoms with Crippen molar-refractivity contribution in [3.8, 4) is 0 Å². The third-order valence-corrected chi connectivity index (χ3v) is 8.32. The topological polar surface area (TPSA) is 37.6 Å². The molecule has 3 aromatic carbocycles. The standard InChI is InChI=1S/C41H53N3/c1-26(42-36-30(38(3,4)5)21-17-22-31(36)39(6,7)8)34-25-28-19-15-16-20-29(28)35(44-34)27(2)43-37-32(40(9,10)11)23-18-24-33(37)41(12,13)14/h15-25H,1-14H3/b42-26+,43-27+. The van der Waals surface area contributed by atoms with Crippen LogP contribution in [-0.4, -0.2) is 16.4 Å². The lowest BCUT2D eigenvalue weighted by molar-refractivity contribution is 0.570. The quantitative estimate of drug-likeness (QED) is 0.219. The molecule has 0 atom stereocenters. The van der Waals surface area contributed by atoms with Crippen LogP contribution in [0, 0.1) is 0 Å². The van der Waals surface area contributed by atoms with Gasteiger partial charge in [0.25, 0.3) is 0 Å². The Morgan fingerprint density at radius 2 is 0.886 bits per heavy atom. The van der Waals surface area contributed by atoms with Crippen LogP contribution in [0.3, 0.4) is 0 Å². The van der Waals surface area contributed by atoms with Gasteiger partial charge >= 0.3 is 0 Å². The number of aliphatic imine (C=N–C) groups is 2. The minimum absolute atomic E-state index is 0.0448. The van der Waals surface area contributed by atoms with Crippen LogP contribution in [0.25, 0.3) is 10.8 Å². The second-order valence-corrected chi connectivity index (χ2v) is 16.4. The summed E-state index contributed by atoms with van der Waals surface area (Å²) >= 11 is 0. The monoisotopic (exact) mass is 587 g/mol. The van der Waals surface area contributed by atoms with Gasteiger partial charge in [0.1, 0.15) is 0 Å². The summed E-state index contributed by atoms with van der Waals surface area (Å²) in [4.78, 5) is 16.1. The summed E-state index contributed by atoms with van der Waals surface area (Å²) in [6, 6.07) is 23.9. The smallest absolute Gasteiger partial charge is 0.0928 e. The number of para-hydroxylation sites is 2. The second-order valence-electron chi connectivity index (χ2n) is 16.4. The number of rotatable bonds is 4. The van der Waals surface area contributed by atoms with Crippen LogP contribution >= 0.6 is 0 Å². The molecule has 3 nitrogen and oxygen atoms in total. The molecule has 1 aromatic heterocycles. The average Bonchev–Trinajstić information content (AvgIpc) is 2.90. The fourth-order valence-electron chi connectivity index (χ4n) is 5.85. The Kier molecular flexibility index (Phi) is 8.88. The first-order valence-electron chi connectivity index (χ1n) is 16.0. The molecular formula is C41H53N3. The first-order valence-corrected chi connectivity index (χ1v) is 16.0. The Labute approximate surface area is 267 Å². The molecule has 0 radical (unpaired) electrons. The molecule has 3 heteroatoms. The van der Waals surface area contributed by atoms with Crippen molar-refractivity contribution < 1.29 is 0 Å². The van der Waals surface area contributed by atoms with Crippen LogP contribution in [0.4, 0.5) is 11.4 Å². The van der Waals surface area contributed by atoms with Crippen LogP contribution in [0.15, 0.2) is 76.7 Å². The number of benzene rings is 3. The maximum absolute atomic E-state index is 5.40. The van der Waals surface area contributed by atoms with E-state index in [1.807, 2.05) is 0 Å². The van der Waals surface area contributed by atoms with Crippen molar-refractivity contribution in [3.05, 3.63) is 100 Å². The molecule has 0 aliphatic heterocycles. The lowest BCUT2D eigenvalue weighted by atomic mass is 9.79. The second kappa shape index (κ2) is 11.7. The maximum atomic E-state index is 5.40. The number of nitrogens with zero attached hydrogens (tertiary/aromatic N) is 3. The molecule has 0 fully saturated rings. The number of aromatic nitrogens is 1. The molecule has 0 spiro atoms. The molecule has 0 N–H and O–H groups in total. The van der Waals surface area contributed by atoms with E-state index in [0.717, 1.165) is 45.0 Å². The van der Waals surface area contributed by atoms with E-state index in [2.05, 4.69) is 164 Å². The van der Waals surface area contributed by atoms with Crippen LogP contribution in [0.1, 0.15) is 131 Å². The van der Waals surface area contributed by atoms with E-state index >= 15 is 0 Å². The number of hydrogen-bond donors (Lipinski definition) is 0. The van der Waals surface area contributed by atoms with Crippen LogP contribution in [-0.2, 0) is 21.7 Å². The molecule has 0 aliphatic carbocycles. The summed E-state index contributed by atoms with van der Waals surface area (Å²) in [5.74, 6) is 0. The molecule has 0 unspecified atom stereocenters. The van der Waals surface area contributed by atoms with E-state index in [1.54, 1.807) is 0 Å². The van der Waals surface area contributed by atoms with Crippen molar-refractivity contribution in [2.45, 2.75) is 119 Å². The van der Waals surface area contributed by atoms with E-state index in [0.29, 0.717) is 0 Å². The molecule has 4 aromatic rings. The normalized spacial score (nSPS) is 14.0. The number of fused-ring (bicyclic) bond motifs is 1. The number of pyridine rings is 1. The SMILES string of the molecule is C/C(=N\c1c(C(C)(C)C)cccc1C(C)(C)C)c1cc2ccccc2c(/C(C)=N/c2c(C(C)(C)C)cccc2C(C)(C)C)n1. The fourth-order valence-corrected chi connectivity index (χ4v) is 5.85. The molecular weight excluding hydrogens is 534 g/mol. The average molecular weight is 588 g/mol. The molecule has 232 valence electrons. The predicted molar refractivity (Wildman–Crippen MR) is 193 cm³/mol. The third kappa shape index (κ3) is 7.04. The van der Waals surface area contributed by atoms with Crippen molar-refractivity contribution in [3.63, 3.8) is 0 Å². The molecule has 0 aliphatic rings.